The summed E-state index contributed by atoms with van der Waals surface area (Å²) in [4.78, 5) is 8.62. The summed E-state index contributed by atoms with van der Waals surface area (Å²) < 4.78 is 4.59. The van der Waals surface area contributed by atoms with Crippen LogP contribution in [0.2, 0.25) is 0 Å². The monoisotopic (exact) mass is 500 g/mol. The molecular formula is C12H10Br2N2Se2. The van der Waals surface area contributed by atoms with Gasteiger partial charge >= 0.3 is 136 Å². The zero-order chi connectivity index (χ0) is 13.1. The Balaban J connectivity index is 2.11. The van der Waals surface area contributed by atoms with Crippen molar-refractivity contribution >= 4 is 67.0 Å². The van der Waals surface area contributed by atoms with Gasteiger partial charge in [0.2, 0.25) is 0 Å². The molecular weight excluding hydrogens is 490 g/mol. The zero-order valence-corrected chi connectivity index (χ0v) is 16.4. The van der Waals surface area contributed by atoms with Crippen LogP contribution in [0, 0.1) is 13.8 Å². The molecule has 0 atom stereocenters. The molecule has 0 fully saturated rings. The van der Waals surface area contributed by atoms with E-state index in [1.165, 1.54) is 20.1 Å². The van der Waals surface area contributed by atoms with Gasteiger partial charge < -0.3 is 0 Å². The van der Waals surface area contributed by atoms with E-state index < -0.39 is 0 Å². The first-order valence-electron chi connectivity index (χ1n) is 5.15. The van der Waals surface area contributed by atoms with E-state index >= 15 is 0 Å². The second-order valence-electron chi connectivity index (χ2n) is 3.71. The molecule has 0 bridgehead atoms. The SMILES string of the molecule is Cc1cc(Br)ncc1[Se][Se]c1cnc(Br)cc1C. The molecule has 2 rings (SSSR count). The number of rotatable bonds is 3. The molecule has 94 valence electrons. The summed E-state index contributed by atoms with van der Waals surface area (Å²) in [6.07, 6.45) is 3.98. The Morgan fingerprint density at radius 1 is 0.833 bits per heavy atom. The van der Waals surface area contributed by atoms with Crippen LogP contribution in [-0.2, 0) is 0 Å². The van der Waals surface area contributed by atoms with Gasteiger partial charge in [-0.3, -0.25) is 0 Å². The normalized spacial score (nSPS) is 10.7. The summed E-state index contributed by atoms with van der Waals surface area (Å²) in [5.74, 6) is 0. The molecule has 2 aromatic heterocycles. The van der Waals surface area contributed by atoms with E-state index in [2.05, 4.69) is 67.8 Å². The molecule has 0 amide bonds. The van der Waals surface area contributed by atoms with Crippen LogP contribution in [-0.4, -0.2) is 36.2 Å². The minimum atomic E-state index is 0.463. The average Bonchev–Trinajstić information content (AvgIpc) is 2.30. The predicted octanol–water partition coefficient (Wildman–Crippen LogP) is 1.89. The Morgan fingerprint density at radius 3 is 1.56 bits per heavy atom. The molecule has 0 spiro atoms. The number of hydrogen-bond donors (Lipinski definition) is 0. The van der Waals surface area contributed by atoms with Gasteiger partial charge in [-0.15, -0.1) is 0 Å². The summed E-state index contributed by atoms with van der Waals surface area (Å²) in [6.45, 7) is 4.29. The number of aromatic nitrogens is 2. The molecule has 0 saturated carbocycles. The quantitative estimate of drug-likeness (QED) is 0.476. The van der Waals surface area contributed by atoms with Gasteiger partial charge in [0.25, 0.3) is 0 Å². The van der Waals surface area contributed by atoms with E-state index in [9.17, 15) is 0 Å². The van der Waals surface area contributed by atoms with Crippen molar-refractivity contribution in [1.82, 2.24) is 9.97 Å². The molecule has 0 aliphatic rings. The number of nitrogens with zero attached hydrogens (tertiary/aromatic N) is 2. The average molecular weight is 500 g/mol. The first-order valence-corrected chi connectivity index (χ1v) is 12.8. The number of aryl methyl sites for hydroxylation is 2. The first-order chi connectivity index (χ1) is 8.56. The molecule has 0 aliphatic heterocycles. The number of halogens is 2. The van der Waals surface area contributed by atoms with E-state index in [1.54, 1.807) is 0 Å². The van der Waals surface area contributed by atoms with Gasteiger partial charge in [0, 0.05) is 0 Å². The van der Waals surface area contributed by atoms with E-state index in [0.29, 0.717) is 26.3 Å². The summed E-state index contributed by atoms with van der Waals surface area (Å²) in [5, 5.41) is 0. The van der Waals surface area contributed by atoms with Crippen molar-refractivity contribution in [3.05, 3.63) is 44.9 Å². The Labute approximate surface area is 135 Å². The summed E-state index contributed by atoms with van der Waals surface area (Å²) >= 11 is 7.72. The molecule has 0 aromatic carbocycles. The standard InChI is InChI=1S/C12H10Br2N2Se2/c1-7-3-11(13)15-5-9(7)17-18-10-6-16-12(14)4-8(10)2/h3-6H,1-2H3. The van der Waals surface area contributed by atoms with Crippen molar-refractivity contribution in [2.75, 3.05) is 0 Å². The number of pyridine rings is 2. The van der Waals surface area contributed by atoms with Gasteiger partial charge in [-0.2, -0.15) is 0 Å². The Hall–Kier alpha value is 0.299. The predicted molar refractivity (Wildman–Crippen MR) is 84.1 cm³/mol. The molecule has 0 radical (unpaired) electrons. The maximum absolute atomic E-state index is 4.31. The summed E-state index contributed by atoms with van der Waals surface area (Å²) in [6, 6.07) is 4.17. The molecule has 0 unspecified atom stereocenters. The molecule has 0 aliphatic carbocycles. The Kier molecular flexibility index (Phi) is 5.43. The molecule has 0 saturated heterocycles. The first kappa shape index (κ1) is 14.7. The minimum absolute atomic E-state index is 0.463. The number of hydrogen-bond acceptors (Lipinski definition) is 2. The van der Waals surface area contributed by atoms with Crippen LogP contribution < -0.4 is 8.92 Å². The fourth-order valence-corrected chi connectivity index (χ4v) is 9.51. The van der Waals surface area contributed by atoms with Crippen molar-refractivity contribution in [1.29, 1.82) is 0 Å². The van der Waals surface area contributed by atoms with Crippen LogP contribution in [0.15, 0.2) is 33.7 Å². The van der Waals surface area contributed by atoms with E-state index in [1.807, 2.05) is 12.4 Å². The van der Waals surface area contributed by atoms with Crippen LogP contribution in [0.3, 0.4) is 0 Å². The second kappa shape index (κ2) is 6.64. The van der Waals surface area contributed by atoms with Crippen molar-refractivity contribution in [2.24, 2.45) is 0 Å². The van der Waals surface area contributed by atoms with Crippen LogP contribution in [0.5, 0.6) is 0 Å². The van der Waals surface area contributed by atoms with Gasteiger partial charge in [-0.1, -0.05) is 0 Å². The van der Waals surface area contributed by atoms with Crippen LogP contribution in [0.4, 0.5) is 0 Å². The van der Waals surface area contributed by atoms with Gasteiger partial charge in [0.05, 0.1) is 0 Å². The Bertz CT molecular complexity index is 524. The molecule has 2 nitrogen and oxygen atoms in total. The molecule has 0 N–H and O–H groups in total. The van der Waals surface area contributed by atoms with Crippen molar-refractivity contribution < 1.29 is 0 Å². The van der Waals surface area contributed by atoms with Gasteiger partial charge in [-0.25, -0.2) is 0 Å². The van der Waals surface area contributed by atoms with Crippen molar-refractivity contribution in [3.8, 4) is 0 Å². The molecule has 6 heteroatoms. The zero-order valence-electron chi connectivity index (χ0n) is 9.78. The van der Waals surface area contributed by atoms with Crippen LogP contribution in [0.1, 0.15) is 11.1 Å². The third-order valence-electron chi connectivity index (χ3n) is 2.28. The fourth-order valence-electron chi connectivity index (χ4n) is 1.28. The Morgan fingerprint density at radius 2 is 1.22 bits per heavy atom. The van der Waals surface area contributed by atoms with Crippen molar-refractivity contribution in [3.63, 3.8) is 0 Å². The third kappa shape index (κ3) is 3.89. The van der Waals surface area contributed by atoms with E-state index in [0.717, 1.165) is 9.21 Å². The summed E-state index contributed by atoms with van der Waals surface area (Å²) in [5.41, 5.74) is 2.64. The van der Waals surface area contributed by atoms with Crippen LogP contribution >= 0.6 is 31.9 Å². The maximum atomic E-state index is 4.31. The molecule has 18 heavy (non-hydrogen) atoms. The topological polar surface area (TPSA) is 25.8 Å². The van der Waals surface area contributed by atoms with Gasteiger partial charge in [-0.05, 0) is 0 Å². The molecule has 2 heterocycles. The molecule has 2 aromatic rings. The third-order valence-corrected chi connectivity index (χ3v) is 10.7. The summed E-state index contributed by atoms with van der Waals surface area (Å²) in [7, 11) is 0. The van der Waals surface area contributed by atoms with Gasteiger partial charge in [0.15, 0.2) is 0 Å². The van der Waals surface area contributed by atoms with Crippen LogP contribution in [0.25, 0.3) is 0 Å². The van der Waals surface area contributed by atoms with Gasteiger partial charge in [0.1, 0.15) is 0 Å². The fraction of sp³-hybridized carbons (Fsp3) is 0.167. The van der Waals surface area contributed by atoms with Crippen molar-refractivity contribution in [2.45, 2.75) is 13.8 Å². The van der Waals surface area contributed by atoms with E-state index in [4.69, 9.17) is 0 Å². The van der Waals surface area contributed by atoms with E-state index in [-0.39, 0.29) is 0 Å². The second-order valence-corrected chi connectivity index (χ2v) is 11.5.